The zero-order chi connectivity index (χ0) is 16.8. The first kappa shape index (κ1) is 15.0. The van der Waals surface area contributed by atoms with Crippen molar-refractivity contribution in [3.05, 3.63) is 45.3 Å². The Morgan fingerprint density at radius 2 is 1.96 bits per heavy atom. The summed E-state index contributed by atoms with van der Waals surface area (Å²) in [5.41, 5.74) is 4.49. The summed E-state index contributed by atoms with van der Waals surface area (Å²) >= 11 is 0. The molecule has 1 N–H and O–H groups in total. The van der Waals surface area contributed by atoms with Gasteiger partial charge in [0.25, 0.3) is 5.56 Å². The van der Waals surface area contributed by atoms with Gasteiger partial charge in [0.1, 0.15) is 18.2 Å². The van der Waals surface area contributed by atoms with Gasteiger partial charge < -0.3 is 10.1 Å². The maximum absolute atomic E-state index is 12.5. The maximum Gasteiger partial charge on any atom is 0.267 e. The number of nitrogens with one attached hydrogen (secondary N) is 1. The topological polar surface area (TPSA) is 81.9 Å². The fourth-order valence-corrected chi connectivity index (χ4v) is 4.23. The van der Waals surface area contributed by atoms with Crippen molar-refractivity contribution in [2.45, 2.75) is 50.6 Å². The fraction of sp³-hybridized carbons (Fsp3) is 0.556. The number of aromatic nitrogens is 4. The Balaban J connectivity index is 1.45. The third-order valence-corrected chi connectivity index (χ3v) is 5.54. The molecule has 3 aliphatic rings. The van der Waals surface area contributed by atoms with Crippen LogP contribution in [0.2, 0.25) is 0 Å². The van der Waals surface area contributed by atoms with E-state index in [4.69, 9.17) is 4.74 Å². The second-order valence-corrected chi connectivity index (χ2v) is 7.11. The van der Waals surface area contributed by atoms with Crippen LogP contribution >= 0.6 is 0 Å². The van der Waals surface area contributed by atoms with Crippen LogP contribution in [-0.4, -0.2) is 39.0 Å². The Morgan fingerprint density at radius 3 is 2.92 bits per heavy atom. The van der Waals surface area contributed by atoms with E-state index in [-0.39, 0.29) is 17.6 Å². The lowest BCUT2D eigenvalue weighted by atomic mass is 10.1. The average molecular weight is 339 g/mol. The molecule has 2 aromatic rings. The molecule has 0 amide bonds. The average Bonchev–Trinajstić information content (AvgIpc) is 3.34. The SMILES string of the molecule is O=c1cc2c(nn1C1COCC1Nc1ncnc3c1CCC3)CCC2. The van der Waals surface area contributed by atoms with E-state index in [0.717, 1.165) is 61.3 Å². The first-order chi connectivity index (χ1) is 12.3. The summed E-state index contributed by atoms with van der Waals surface area (Å²) in [6, 6.07) is 1.64. The van der Waals surface area contributed by atoms with Crippen molar-refractivity contribution >= 4 is 5.82 Å². The van der Waals surface area contributed by atoms with Gasteiger partial charge in [0.15, 0.2) is 0 Å². The number of nitrogens with zero attached hydrogens (tertiary/aromatic N) is 4. The molecule has 1 saturated heterocycles. The van der Waals surface area contributed by atoms with Crippen LogP contribution in [0.25, 0.3) is 0 Å². The molecule has 2 aliphatic carbocycles. The van der Waals surface area contributed by atoms with Crippen molar-refractivity contribution < 1.29 is 4.74 Å². The summed E-state index contributed by atoms with van der Waals surface area (Å²) in [6.07, 6.45) is 7.78. The van der Waals surface area contributed by atoms with E-state index in [1.807, 2.05) is 0 Å². The lowest BCUT2D eigenvalue weighted by Gasteiger charge is -2.22. The molecule has 3 heterocycles. The van der Waals surface area contributed by atoms with Crippen LogP contribution in [0.1, 0.15) is 41.4 Å². The van der Waals surface area contributed by atoms with E-state index in [9.17, 15) is 4.79 Å². The summed E-state index contributed by atoms with van der Waals surface area (Å²) < 4.78 is 7.31. The number of ether oxygens (including phenoxy) is 1. The second kappa shape index (κ2) is 5.91. The minimum Gasteiger partial charge on any atom is -0.377 e. The Hall–Kier alpha value is -2.28. The zero-order valence-electron chi connectivity index (χ0n) is 14.1. The molecule has 7 nitrogen and oxygen atoms in total. The van der Waals surface area contributed by atoms with Gasteiger partial charge in [-0.3, -0.25) is 4.79 Å². The number of anilines is 1. The third-order valence-electron chi connectivity index (χ3n) is 5.54. The van der Waals surface area contributed by atoms with E-state index >= 15 is 0 Å². The summed E-state index contributed by atoms with van der Waals surface area (Å²) in [5.74, 6) is 0.886. The van der Waals surface area contributed by atoms with E-state index in [2.05, 4.69) is 20.4 Å². The smallest absolute Gasteiger partial charge is 0.267 e. The van der Waals surface area contributed by atoms with Crippen LogP contribution in [0.15, 0.2) is 17.2 Å². The molecule has 0 spiro atoms. The normalized spacial score (nSPS) is 24.3. The third kappa shape index (κ3) is 2.54. The molecule has 0 bridgehead atoms. The number of aryl methyl sites for hydroxylation is 3. The predicted octanol–water partition coefficient (Wildman–Crippen LogP) is 1.06. The molecule has 7 heteroatoms. The van der Waals surface area contributed by atoms with Crippen molar-refractivity contribution in [3.8, 4) is 0 Å². The van der Waals surface area contributed by atoms with Crippen molar-refractivity contribution in [3.63, 3.8) is 0 Å². The van der Waals surface area contributed by atoms with Gasteiger partial charge >= 0.3 is 0 Å². The van der Waals surface area contributed by atoms with Gasteiger partial charge in [-0.25, -0.2) is 14.6 Å². The van der Waals surface area contributed by atoms with E-state index < -0.39 is 0 Å². The molecule has 2 unspecified atom stereocenters. The Labute approximate surface area is 145 Å². The lowest BCUT2D eigenvalue weighted by Crippen LogP contribution is -2.38. The Kier molecular flexibility index (Phi) is 3.55. The molecule has 1 fully saturated rings. The summed E-state index contributed by atoms with van der Waals surface area (Å²) in [4.78, 5) is 21.4. The van der Waals surface area contributed by atoms with Crippen LogP contribution in [0, 0.1) is 0 Å². The van der Waals surface area contributed by atoms with E-state index in [1.165, 1.54) is 5.56 Å². The molecular weight excluding hydrogens is 318 g/mol. The Bertz CT molecular complexity index is 878. The van der Waals surface area contributed by atoms with Gasteiger partial charge in [0, 0.05) is 17.3 Å². The first-order valence-corrected chi connectivity index (χ1v) is 9.08. The van der Waals surface area contributed by atoms with Crippen molar-refractivity contribution in [2.75, 3.05) is 18.5 Å². The standard InChI is InChI=1S/C18H21N5O2/c24-17-7-11-3-1-5-13(11)22-23(17)16-9-25-8-15(16)21-18-12-4-2-6-14(12)19-10-20-18/h7,10,15-16H,1-6,8-9H2,(H,19,20,21). The largest absolute Gasteiger partial charge is 0.377 e. The van der Waals surface area contributed by atoms with E-state index in [0.29, 0.717) is 13.2 Å². The van der Waals surface area contributed by atoms with Crippen molar-refractivity contribution in [1.82, 2.24) is 19.7 Å². The quantitative estimate of drug-likeness (QED) is 0.901. The monoisotopic (exact) mass is 339 g/mol. The highest BCUT2D eigenvalue weighted by Crippen LogP contribution is 2.28. The van der Waals surface area contributed by atoms with Crippen LogP contribution in [0.3, 0.4) is 0 Å². The molecule has 5 rings (SSSR count). The number of fused-ring (bicyclic) bond motifs is 2. The van der Waals surface area contributed by atoms with Crippen molar-refractivity contribution in [2.24, 2.45) is 0 Å². The number of rotatable bonds is 3. The molecule has 2 aromatic heterocycles. The minimum atomic E-state index is -0.106. The molecule has 2 atom stereocenters. The molecule has 0 saturated carbocycles. The summed E-state index contributed by atoms with van der Waals surface area (Å²) in [5, 5.41) is 8.16. The number of hydrogen-bond acceptors (Lipinski definition) is 6. The van der Waals surface area contributed by atoms with Gasteiger partial charge in [0.2, 0.25) is 0 Å². The zero-order valence-corrected chi connectivity index (χ0v) is 14.1. The lowest BCUT2D eigenvalue weighted by molar-refractivity contribution is 0.182. The van der Waals surface area contributed by atoms with Gasteiger partial charge in [0.05, 0.1) is 24.9 Å². The molecule has 0 aromatic carbocycles. The van der Waals surface area contributed by atoms with Crippen LogP contribution in [0.4, 0.5) is 5.82 Å². The number of hydrogen-bond donors (Lipinski definition) is 1. The predicted molar refractivity (Wildman–Crippen MR) is 91.8 cm³/mol. The molecule has 130 valence electrons. The van der Waals surface area contributed by atoms with Gasteiger partial charge in [-0.2, -0.15) is 5.10 Å². The Morgan fingerprint density at radius 1 is 1.08 bits per heavy atom. The van der Waals surface area contributed by atoms with Crippen LogP contribution in [0.5, 0.6) is 0 Å². The highest BCUT2D eigenvalue weighted by atomic mass is 16.5. The fourth-order valence-electron chi connectivity index (χ4n) is 4.23. The second-order valence-electron chi connectivity index (χ2n) is 7.11. The summed E-state index contributed by atoms with van der Waals surface area (Å²) in [7, 11) is 0. The van der Waals surface area contributed by atoms with Crippen molar-refractivity contribution in [1.29, 1.82) is 0 Å². The highest BCUT2D eigenvalue weighted by molar-refractivity contribution is 5.49. The van der Waals surface area contributed by atoms with Crippen LogP contribution < -0.4 is 10.9 Å². The molecule has 25 heavy (non-hydrogen) atoms. The molecule has 0 radical (unpaired) electrons. The van der Waals surface area contributed by atoms with Gasteiger partial charge in [-0.1, -0.05) is 0 Å². The van der Waals surface area contributed by atoms with Gasteiger partial charge in [-0.15, -0.1) is 0 Å². The van der Waals surface area contributed by atoms with Crippen LogP contribution in [-0.2, 0) is 30.4 Å². The summed E-state index contributed by atoms with van der Waals surface area (Å²) in [6.45, 7) is 1.05. The maximum atomic E-state index is 12.5. The first-order valence-electron chi connectivity index (χ1n) is 9.08. The molecule has 1 aliphatic heterocycles. The minimum absolute atomic E-state index is 0.00995. The van der Waals surface area contributed by atoms with E-state index in [1.54, 1.807) is 17.1 Å². The highest BCUT2D eigenvalue weighted by Gasteiger charge is 2.33. The van der Waals surface area contributed by atoms with Gasteiger partial charge in [-0.05, 0) is 44.1 Å². The molecular formula is C18H21N5O2.